The predicted molar refractivity (Wildman–Crippen MR) is 70.6 cm³/mol. The number of nitrogen functional groups attached to an aromatic ring is 1. The van der Waals surface area contributed by atoms with Crippen LogP contribution in [0.1, 0.15) is 37.0 Å². The van der Waals surface area contributed by atoms with Gasteiger partial charge in [0.2, 0.25) is 0 Å². The van der Waals surface area contributed by atoms with Crippen LogP contribution in [0, 0.1) is 5.82 Å². The summed E-state index contributed by atoms with van der Waals surface area (Å²) in [4.78, 5) is 12.8. The summed E-state index contributed by atoms with van der Waals surface area (Å²) in [5.74, 6) is -1.62. The zero-order chi connectivity index (χ0) is 13.7. The molecule has 0 saturated carbocycles. The summed E-state index contributed by atoms with van der Waals surface area (Å²) in [5, 5.41) is 8.99. The van der Waals surface area contributed by atoms with E-state index in [1.807, 2.05) is 11.8 Å². The molecule has 100 valence electrons. The Morgan fingerprint density at radius 2 is 2.11 bits per heavy atom. The van der Waals surface area contributed by atoms with Crippen LogP contribution >= 0.6 is 0 Å². The SMILES string of the molecule is CCCCN(CC)c1cc(C(=O)O)c(N)cc1F. The minimum absolute atomic E-state index is 0.0460. The van der Waals surface area contributed by atoms with E-state index in [9.17, 15) is 9.18 Å². The first-order valence-electron chi connectivity index (χ1n) is 6.08. The van der Waals surface area contributed by atoms with Crippen molar-refractivity contribution in [2.24, 2.45) is 0 Å². The molecule has 3 N–H and O–H groups in total. The van der Waals surface area contributed by atoms with Crippen LogP contribution in [-0.4, -0.2) is 24.2 Å². The Morgan fingerprint density at radius 3 is 2.61 bits per heavy atom. The van der Waals surface area contributed by atoms with Crippen molar-refractivity contribution in [2.45, 2.75) is 26.7 Å². The van der Waals surface area contributed by atoms with E-state index in [0.29, 0.717) is 18.8 Å². The fourth-order valence-corrected chi connectivity index (χ4v) is 1.80. The van der Waals surface area contributed by atoms with Crippen LogP contribution in [0.3, 0.4) is 0 Å². The third-order valence-corrected chi connectivity index (χ3v) is 2.85. The second-order valence-corrected chi connectivity index (χ2v) is 4.13. The largest absolute Gasteiger partial charge is 0.478 e. The zero-order valence-electron chi connectivity index (χ0n) is 10.7. The van der Waals surface area contributed by atoms with Gasteiger partial charge in [0.15, 0.2) is 0 Å². The Balaban J connectivity index is 3.13. The number of benzene rings is 1. The van der Waals surface area contributed by atoms with E-state index in [-0.39, 0.29) is 11.3 Å². The highest BCUT2D eigenvalue weighted by Gasteiger charge is 2.16. The normalized spacial score (nSPS) is 10.4. The Labute approximate surface area is 106 Å². The maximum Gasteiger partial charge on any atom is 0.337 e. The van der Waals surface area contributed by atoms with Gasteiger partial charge in [0.05, 0.1) is 11.3 Å². The first-order chi connectivity index (χ1) is 8.51. The Hall–Kier alpha value is -1.78. The highest BCUT2D eigenvalue weighted by atomic mass is 19.1. The van der Waals surface area contributed by atoms with Gasteiger partial charge in [0, 0.05) is 18.8 Å². The summed E-state index contributed by atoms with van der Waals surface area (Å²) in [6.45, 7) is 5.29. The van der Waals surface area contributed by atoms with Gasteiger partial charge in [-0.05, 0) is 25.5 Å². The fraction of sp³-hybridized carbons (Fsp3) is 0.462. The van der Waals surface area contributed by atoms with Crippen molar-refractivity contribution in [3.63, 3.8) is 0 Å². The first-order valence-corrected chi connectivity index (χ1v) is 6.08. The number of aromatic carboxylic acids is 1. The Kier molecular flexibility index (Phi) is 4.95. The molecule has 0 amide bonds. The van der Waals surface area contributed by atoms with Gasteiger partial charge < -0.3 is 15.7 Å². The molecule has 0 fully saturated rings. The van der Waals surface area contributed by atoms with Crippen molar-refractivity contribution in [3.05, 3.63) is 23.5 Å². The minimum Gasteiger partial charge on any atom is -0.478 e. The van der Waals surface area contributed by atoms with E-state index < -0.39 is 11.8 Å². The van der Waals surface area contributed by atoms with Gasteiger partial charge in [0.1, 0.15) is 5.82 Å². The highest BCUT2D eigenvalue weighted by Crippen LogP contribution is 2.25. The summed E-state index contributed by atoms with van der Waals surface area (Å²) in [5.41, 5.74) is 5.70. The molecular weight excluding hydrogens is 235 g/mol. The van der Waals surface area contributed by atoms with Crippen LogP contribution in [0.5, 0.6) is 0 Å². The molecule has 18 heavy (non-hydrogen) atoms. The standard InChI is InChI=1S/C13H19FN2O2/c1-3-5-6-16(4-2)12-7-9(13(17)18)11(15)8-10(12)14/h7-8H,3-6,15H2,1-2H3,(H,17,18). The van der Waals surface area contributed by atoms with E-state index in [1.54, 1.807) is 0 Å². The minimum atomic E-state index is -1.14. The second kappa shape index (κ2) is 6.23. The third-order valence-electron chi connectivity index (χ3n) is 2.85. The molecule has 0 aliphatic heterocycles. The van der Waals surface area contributed by atoms with Crippen molar-refractivity contribution < 1.29 is 14.3 Å². The molecule has 0 spiro atoms. The maximum absolute atomic E-state index is 13.8. The Morgan fingerprint density at radius 1 is 1.44 bits per heavy atom. The molecule has 0 saturated heterocycles. The number of carboxylic acid groups (broad SMARTS) is 1. The number of carbonyl (C=O) groups is 1. The average molecular weight is 254 g/mol. The molecule has 0 aromatic heterocycles. The van der Waals surface area contributed by atoms with Crippen LogP contribution in [0.15, 0.2) is 12.1 Å². The lowest BCUT2D eigenvalue weighted by molar-refractivity contribution is 0.0698. The molecular formula is C13H19FN2O2. The number of halogens is 1. The summed E-state index contributed by atoms with van der Waals surface area (Å²) >= 11 is 0. The molecule has 5 heteroatoms. The van der Waals surface area contributed by atoms with Gasteiger partial charge in [-0.15, -0.1) is 0 Å². The van der Waals surface area contributed by atoms with E-state index >= 15 is 0 Å². The van der Waals surface area contributed by atoms with E-state index in [0.717, 1.165) is 18.9 Å². The molecule has 1 aromatic rings. The van der Waals surface area contributed by atoms with Gasteiger partial charge in [-0.25, -0.2) is 9.18 Å². The van der Waals surface area contributed by atoms with E-state index in [2.05, 4.69) is 6.92 Å². The van der Waals surface area contributed by atoms with Crippen molar-refractivity contribution in [3.8, 4) is 0 Å². The van der Waals surface area contributed by atoms with Gasteiger partial charge in [-0.1, -0.05) is 13.3 Å². The molecule has 0 unspecified atom stereocenters. The monoisotopic (exact) mass is 254 g/mol. The predicted octanol–water partition coefficient (Wildman–Crippen LogP) is 2.73. The molecule has 0 heterocycles. The van der Waals surface area contributed by atoms with Gasteiger partial charge in [0.25, 0.3) is 0 Å². The van der Waals surface area contributed by atoms with Crippen LogP contribution in [-0.2, 0) is 0 Å². The van der Waals surface area contributed by atoms with Crippen molar-refractivity contribution in [1.82, 2.24) is 0 Å². The number of hydrogen-bond acceptors (Lipinski definition) is 3. The lowest BCUT2D eigenvalue weighted by Gasteiger charge is -2.24. The highest BCUT2D eigenvalue weighted by molar-refractivity contribution is 5.95. The number of nitrogens with two attached hydrogens (primary N) is 1. The van der Waals surface area contributed by atoms with Crippen molar-refractivity contribution in [2.75, 3.05) is 23.7 Å². The summed E-state index contributed by atoms with van der Waals surface area (Å²) in [6.07, 6.45) is 1.93. The topological polar surface area (TPSA) is 66.6 Å². The molecule has 0 aliphatic rings. The molecule has 0 atom stereocenters. The number of carboxylic acids is 1. The van der Waals surface area contributed by atoms with Crippen LogP contribution in [0.4, 0.5) is 15.8 Å². The number of hydrogen-bond donors (Lipinski definition) is 2. The lowest BCUT2D eigenvalue weighted by Crippen LogP contribution is -2.25. The smallest absolute Gasteiger partial charge is 0.337 e. The molecule has 1 aromatic carbocycles. The number of nitrogens with zero attached hydrogens (tertiary/aromatic N) is 1. The van der Waals surface area contributed by atoms with Crippen LogP contribution < -0.4 is 10.6 Å². The summed E-state index contributed by atoms with van der Waals surface area (Å²) in [7, 11) is 0. The lowest BCUT2D eigenvalue weighted by atomic mass is 10.1. The number of anilines is 2. The molecule has 1 rings (SSSR count). The average Bonchev–Trinajstić information content (AvgIpc) is 2.31. The van der Waals surface area contributed by atoms with Crippen LogP contribution in [0.2, 0.25) is 0 Å². The van der Waals surface area contributed by atoms with Crippen molar-refractivity contribution >= 4 is 17.3 Å². The number of rotatable bonds is 6. The molecule has 0 aliphatic carbocycles. The van der Waals surface area contributed by atoms with Gasteiger partial charge in [-0.3, -0.25) is 0 Å². The zero-order valence-corrected chi connectivity index (χ0v) is 10.7. The quantitative estimate of drug-likeness (QED) is 0.766. The van der Waals surface area contributed by atoms with E-state index in [4.69, 9.17) is 10.8 Å². The molecule has 0 radical (unpaired) electrons. The number of unbranched alkanes of at least 4 members (excludes halogenated alkanes) is 1. The first kappa shape index (κ1) is 14.3. The molecule has 4 nitrogen and oxygen atoms in total. The van der Waals surface area contributed by atoms with Gasteiger partial charge in [-0.2, -0.15) is 0 Å². The van der Waals surface area contributed by atoms with Crippen molar-refractivity contribution in [1.29, 1.82) is 0 Å². The van der Waals surface area contributed by atoms with Crippen LogP contribution in [0.25, 0.3) is 0 Å². The maximum atomic E-state index is 13.8. The van der Waals surface area contributed by atoms with E-state index in [1.165, 1.54) is 6.07 Å². The summed E-state index contributed by atoms with van der Waals surface area (Å²) < 4.78 is 13.8. The van der Waals surface area contributed by atoms with Gasteiger partial charge >= 0.3 is 5.97 Å². The summed E-state index contributed by atoms with van der Waals surface area (Å²) in [6, 6.07) is 2.39. The Bertz CT molecular complexity index is 435. The second-order valence-electron chi connectivity index (χ2n) is 4.13. The third kappa shape index (κ3) is 3.12. The molecule has 0 bridgehead atoms. The fourth-order valence-electron chi connectivity index (χ4n) is 1.80.